The third-order valence-electron chi connectivity index (χ3n) is 1.48. The second-order valence-electron chi connectivity index (χ2n) is 2.81. The number of ether oxygens (including phenoxy) is 1. The summed E-state index contributed by atoms with van der Waals surface area (Å²) in [5.74, 6) is 0.528. The number of hydrogen-bond acceptors (Lipinski definition) is 3. The van der Waals surface area contributed by atoms with Crippen LogP contribution in [0, 0.1) is 13.1 Å². The van der Waals surface area contributed by atoms with Crippen LogP contribution < -0.4 is 0 Å². The van der Waals surface area contributed by atoms with Crippen LogP contribution in [0.3, 0.4) is 0 Å². The lowest BCUT2D eigenvalue weighted by atomic mass is 10.3. The van der Waals surface area contributed by atoms with Crippen molar-refractivity contribution in [1.29, 1.82) is 0 Å². The minimum atomic E-state index is -0.234. The van der Waals surface area contributed by atoms with Crippen molar-refractivity contribution in [2.45, 2.75) is 26.7 Å². The number of H-pyrrole nitrogens is 1. The molecule has 4 heteroatoms. The summed E-state index contributed by atoms with van der Waals surface area (Å²) in [5.41, 5.74) is 0.679. The summed E-state index contributed by atoms with van der Waals surface area (Å²) in [6.45, 7) is 4.25. The van der Waals surface area contributed by atoms with Gasteiger partial charge in [0, 0.05) is 0 Å². The molecule has 1 rings (SSSR count). The van der Waals surface area contributed by atoms with Crippen LogP contribution in [0.5, 0.6) is 0 Å². The van der Waals surface area contributed by atoms with Gasteiger partial charge >= 0.3 is 5.97 Å². The Morgan fingerprint density at radius 2 is 2.46 bits per heavy atom. The molecule has 0 bridgehead atoms. The highest BCUT2D eigenvalue weighted by Gasteiger charge is 2.06. The van der Waals surface area contributed by atoms with Crippen molar-refractivity contribution >= 4 is 5.97 Å². The Hall–Kier alpha value is -1.32. The molecule has 0 aromatic carbocycles. The third-order valence-corrected chi connectivity index (χ3v) is 1.48. The fourth-order valence-electron chi connectivity index (χ4n) is 0.921. The van der Waals surface area contributed by atoms with Gasteiger partial charge in [0.25, 0.3) is 0 Å². The lowest BCUT2D eigenvalue weighted by molar-refractivity contribution is -0.142. The van der Waals surface area contributed by atoms with Crippen LogP contribution in [0.2, 0.25) is 0 Å². The van der Waals surface area contributed by atoms with Crippen LogP contribution in [0.1, 0.15) is 24.9 Å². The molecule has 1 radical (unpaired) electrons. The van der Waals surface area contributed by atoms with Gasteiger partial charge in [-0.3, -0.25) is 4.79 Å². The predicted molar refractivity (Wildman–Crippen MR) is 47.1 cm³/mol. The quantitative estimate of drug-likeness (QED) is 0.705. The van der Waals surface area contributed by atoms with Crippen LogP contribution in [-0.2, 0) is 16.0 Å². The number of esters is 1. The molecule has 0 fully saturated rings. The van der Waals surface area contributed by atoms with Gasteiger partial charge in [-0.15, -0.1) is 0 Å². The Labute approximate surface area is 77.3 Å². The molecule has 0 spiro atoms. The number of rotatable bonds is 4. The van der Waals surface area contributed by atoms with Crippen LogP contribution in [0.4, 0.5) is 0 Å². The van der Waals surface area contributed by atoms with Crippen molar-refractivity contribution in [3.63, 3.8) is 0 Å². The van der Waals surface area contributed by atoms with E-state index >= 15 is 0 Å². The first-order chi connectivity index (χ1) is 6.22. The summed E-state index contributed by atoms with van der Waals surface area (Å²) in [4.78, 5) is 17.9. The van der Waals surface area contributed by atoms with E-state index in [0.29, 0.717) is 12.3 Å². The van der Waals surface area contributed by atoms with Gasteiger partial charge in [-0.25, -0.2) is 4.98 Å². The third kappa shape index (κ3) is 3.27. The smallest absolute Gasteiger partial charge is 0.311 e. The second-order valence-corrected chi connectivity index (χ2v) is 2.81. The molecule has 71 valence electrons. The minimum absolute atomic E-state index is 0.223. The second kappa shape index (κ2) is 4.64. The molecule has 4 nitrogen and oxygen atoms in total. The zero-order valence-electron chi connectivity index (χ0n) is 7.89. The Kier molecular flexibility index (Phi) is 3.49. The fraction of sp³-hybridized carbons (Fsp3) is 0.556. The topological polar surface area (TPSA) is 55.0 Å². The molecule has 0 saturated heterocycles. The van der Waals surface area contributed by atoms with E-state index in [4.69, 9.17) is 4.74 Å². The van der Waals surface area contributed by atoms with Gasteiger partial charge in [-0.1, -0.05) is 6.92 Å². The van der Waals surface area contributed by atoms with Gasteiger partial charge in [-0.05, 0) is 13.3 Å². The summed E-state index contributed by atoms with van der Waals surface area (Å²) in [6, 6.07) is 0. The largest absolute Gasteiger partial charge is 0.465 e. The summed E-state index contributed by atoms with van der Waals surface area (Å²) in [7, 11) is 0. The molecule has 0 unspecified atom stereocenters. The van der Waals surface area contributed by atoms with E-state index in [-0.39, 0.29) is 12.4 Å². The standard InChI is InChI=1S/C9H13N2O2/c1-3-4-13-9(12)5-8-6-10-7(2)11-8/h3-5H2,1-2H3,(H,10,11). The lowest BCUT2D eigenvalue weighted by Crippen LogP contribution is -2.08. The van der Waals surface area contributed by atoms with Gasteiger partial charge in [0.15, 0.2) is 0 Å². The van der Waals surface area contributed by atoms with Crippen molar-refractivity contribution in [1.82, 2.24) is 9.97 Å². The van der Waals surface area contributed by atoms with Crippen LogP contribution in [0.15, 0.2) is 0 Å². The van der Waals surface area contributed by atoms with E-state index in [0.717, 1.165) is 12.2 Å². The van der Waals surface area contributed by atoms with Crippen LogP contribution >= 0.6 is 0 Å². The fourth-order valence-corrected chi connectivity index (χ4v) is 0.921. The maximum atomic E-state index is 11.1. The van der Waals surface area contributed by atoms with Crippen LogP contribution in [-0.4, -0.2) is 22.5 Å². The molecule has 0 amide bonds. The molecule has 0 aliphatic rings. The van der Waals surface area contributed by atoms with E-state index in [1.54, 1.807) is 0 Å². The normalized spacial score (nSPS) is 10.0. The van der Waals surface area contributed by atoms with Crippen molar-refractivity contribution in [2.24, 2.45) is 0 Å². The van der Waals surface area contributed by atoms with Crippen molar-refractivity contribution < 1.29 is 9.53 Å². The molecular formula is C9H13N2O2. The molecule has 0 aliphatic heterocycles. The Bertz CT molecular complexity index is 281. The number of aromatic amines is 1. The summed E-state index contributed by atoms with van der Waals surface area (Å²) in [6.07, 6.45) is 3.77. The Morgan fingerprint density at radius 3 is 3.00 bits per heavy atom. The number of imidazole rings is 1. The maximum Gasteiger partial charge on any atom is 0.311 e. The van der Waals surface area contributed by atoms with E-state index in [1.165, 1.54) is 0 Å². The summed E-state index contributed by atoms with van der Waals surface area (Å²) in [5, 5.41) is 0. The van der Waals surface area contributed by atoms with E-state index in [1.807, 2.05) is 13.8 Å². The molecular weight excluding hydrogens is 168 g/mol. The highest BCUT2D eigenvalue weighted by molar-refractivity contribution is 5.71. The van der Waals surface area contributed by atoms with Gasteiger partial charge in [-0.2, -0.15) is 0 Å². The van der Waals surface area contributed by atoms with Gasteiger partial charge in [0.05, 0.1) is 18.7 Å². The molecule has 1 aromatic heterocycles. The number of hydrogen-bond donors (Lipinski definition) is 1. The number of carbonyl (C=O) groups excluding carboxylic acids is 1. The van der Waals surface area contributed by atoms with Crippen molar-refractivity contribution in [3.8, 4) is 0 Å². The molecule has 0 aliphatic carbocycles. The zero-order valence-corrected chi connectivity index (χ0v) is 7.89. The van der Waals surface area contributed by atoms with E-state index in [2.05, 4.69) is 16.2 Å². The zero-order chi connectivity index (χ0) is 9.68. The van der Waals surface area contributed by atoms with E-state index < -0.39 is 0 Å². The molecule has 0 saturated carbocycles. The summed E-state index contributed by atoms with van der Waals surface area (Å²) >= 11 is 0. The SMILES string of the molecule is CCCOC(=O)Cc1[c]nc(C)[nH]1. The van der Waals surface area contributed by atoms with Gasteiger partial charge in [0.1, 0.15) is 12.0 Å². The number of nitrogens with zero attached hydrogens (tertiary/aromatic N) is 1. The monoisotopic (exact) mass is 181 g/mol. The predicted octanol–water partition coefficient (Wildman–Crippen LogP) is 1.01. The minimum Gasteiger partial charge on any atom is -0.465 e. The van der Waals surface area contributed by atoms with Gasteiger partial charge in [0.2, 0.25) is 0 Å². The average molecular weight is 181 g/mol. The first-order valence-electron chi connectivity index (χ1n) is 4.31. The van der Waals surface area contributed by atoms with Crippen LogP contribution in [0.25, 0.3) is 0 Å². The first kappa shape index (κ1) is 9.77. The van der Waals surface area contributed by atoms with Crippen molar-refractivity contribution in [2.75, 3.05) is 6.61 Å². The highest BCUT2D eigenvalue weighted by atomic mass is 16.5. The maximum absolute atomic E-state index is 11.1. The van der Waals surface area contributed by atoms with Gasteiger partial charge < -0.3 is 9.72 Å². The Balaban J connectivity index is 2.36. The summed E-state index contributed by atoms with van der Waals surface area (Å²) < 4.78 is 4.90. The highest BCUT2D eigenvalue weighted by Crippen LogP contribution is 1.97. The first-order valence-corrected chi connectivity index (χ1v) is 4.31. The molecule has 1 heterocycles. The van der Waals surface area contributed by atoms with E-state index in [9.17, 15) is 4.79 Å². The number of aromatic nitrogens is 2. The molecule has 1 aromatic rings. The molecule has 0 atom stereocenters. The lowest BCUT2D eigenvalue weighted by Gasteiger charge is -2.00. The Morgan fingerprint density at radius 1 is 1.69 bits per heavy atom. The number of carbonyl (C=O) groups is 1. The number of aryl methyl sites for hydroxylation is 1. The molecule has 13 heavy (non-hydrogen) atoms. The average Bonchev–Trinajstić information content (AvgIpc) is 2.48. The molecule has 1 N–H and O–H groups in total. The van der Waals surface area contributed by atoms with Crippen molar-refractivity contribution in [3.05, 3.63) is 17.7 Å². The number of nitrogens with one attached hydrogen (secondary N) is 1.